The van der Waals surface area contributed by atoms with Crippen molar-refractivity contribution in [1.82, 2.24) is 15.6 Å². The molecule has 1 heterocycles. The summed E-state index contributed by atoms with van der Waals surface area (Å²) in [5.74, 6) is 0.356. The number of nitrogens with one attached hydrogen (secondary N) is 1. The number of rotatable bonds is 6. The average Bonchev–Trinajstić information content (AvgIpc) is 2.76. The van der Waals surface area contributed by atoms with E-state index in [1.54, 1.807) is 0 Å². The van der Waals surface area contributed by atoms with Gasteiger partial charge in [0.05, 0.1) is 30.1 Å². The Morgan fingerprint density at radius 1 is 0.576 bits per heavy atom. The average molecular weight is 564 g/mol. The van der Waals surface area contributed by atoms with Gasteiger partial charge in [-0.2, -0.15) is 5.53 Å². The largest absolute Gasteiger partial charge is 0.226 e. The molecule has 1 aliphatic rings. The molecule has 0 aliphatic carbocycles. The monoisotopic (exact) mass is 561 g/mol. The van der Waals surface area contributed by atoms with Crippen LogP contribution in [0.2, 0.25) is 30.1 Å². The molecule has 9 heteroatoms. The van der Waals surface area contributed by atoms with Crippen LogP contribution in [0.1, 0.15) is 16.7 Å². The van der Waals surface area contributed by atoms with Gasteiger partial charge < -0.3 is 0 Å². The third-order valence-corrected chi connectivity index (χ3v) is 7.68. The molecule has 0 atom stereocenters. The van der Waals surface area contributed by atoms with Crippen molar-refractivity contribution in [3.8, 4) is 0 Å². The highest BCUT2D eigenvalue weighted by atomic mass is 35.5. The third-order valence-electron chi connectivity index (χ3n) is 5.46. The van der Waals surface area contributed by atoms with Gasteiger partial charge in [0.15, 0.2) is 0 Å². The summed E-state index contributed by atoms with van der Waals surface area (Å²) in [6, 6.07) is 17.2. The van der Waals surface area contributed by atoms with E-state index in [1.165, 1.54) is 0 Å². The molecule has 174 valence electrons. The van der Waals surface area contributed by atoms with Crippen LogP contribution in [0.25, 0.3) is 0 Å². The van der Waals surface area contributed by atoms with E-state index in [9.17, 15) is 0 Å². The summed E-state index contributed by atoms with van der Waals surface area (Å²) in [7, 11) is 0. The van der Waals surface area contributed by atoms with Crippen LogP contribution in [0.3, 0.4) is 0 Å². The highest BCUT2D eigenvalue weighted by Gasteiger charge is 2.26. The first-order valence-corrected chi connectivity index (χ1v) is 12.6. The van der Waals surface area contributed by atoms with E-state index >= 15 is 0 Å². The zero-order valence-corrected chi connectivity index (χ0v) is 22.0. The second-order valence-electron chi connectivity index (χ2n) is 8.18. The van der Waals surface area contributed by atoms with Crippen LogP contribution in [0.15, 0.2) is 54.6 Å². The molecule has 0 amide bonds. The maximum atomic E-state index is 6.25. The lowest BCUT2D eigenvalue weighted by molar-refractivity contribution is -0.0540. The molecule has 1 aliphatic heterocycles. The van der Waals surface area contributed by atoms with Crippen molar-refractivity contribution in [1.29, 1.82) is 0 Å². The van der Waals surface area contributed by atoms with Gasteiger partial charge in [0.2, 0.25) is 0 Å². The first-order valence-electron chi connectivity index (χ1n) is 10.3. The molecule has 33 heavy (non-hydrogen) atoms. The van der Waals surface area contributed by atoms with Gasteiger partial charge in [-0.3, -0.25) is 0 Å². The van der Waals surface area contributed by atoms with Crippen molar-refractivity contribution in [3.05, 3.63) is 101 Å². The maximum Gasteiger partial charge on any atom is 0.0595 e. The van der Waals surface area contributed by atoms with E-state index in [1.807, 2.05) is 54.6 Å². The number of hydrogen-bond acceptors (Lipinski definition) is 3. The highest BCUT2D eigenvalue weighted by molar-refractivity contribution is 6.42. The van der Waals surface area contributed by atoms with Crippen molar-refractivity contribution in [3.63, 3.8) is 0 Å². The lowest BCUT2D eigenvalue weighted by atomic mass is 9.97. The molecule has 0 bridgehead atoms. The Kier molecular flexibility index (Phi) is 8.72. The third kappa shape index (κ3) is 6.91. The Labute approximate surface area is 224 Å². The smallest absolute Gasteiger partial charge is 0.0595 e. The zero-order valence-electron chi connectivity index (χ0n) is 17.5. The van der Waals surface area contributed by atoms with Crippen molar-refractivity contribution >= 4 is 69.6 Å². The molecular weight excluding hydrogens is 543 g/mol. The summed E-state index contributed by atoms with van der Waals surface area (Å²) in [6.07, 6.45) is 0.869. The van der Waals surface area contributed by atoms with Crippen molar-refractivity contribution in [2.24, 2.45) is 5.92 Å². The minimum absolute atomic E-state index is 0.356. The fourth-order valence-corrected chi connectivity index (χ4v) is 4.97. The number of benzene rings is 3. The Balaban J connectivity index is 1.52. The van der Waals surface area contributed by atoms with Crippen molar-refractivity contribution in [2.75, 3.05) is 13.1 Å². The number of hydrazine groups is 2. The molecular formula is C24H21Cl6N3. The summed E-state index contributed by atoms with van der Waals surface area (Å²) in [6.45, 7) is 3.04. The summed E-state index contributed by atoms with van der Waals surface area (Å²) >= 11 is 37.0. The topological polar surface area (TPSA) is 18.5 Å². The summed E-state index contributed by atoms with van der Waals surface area (Å²) in [4.78, 5) is 0. The van der Waals surface area contributed by atoms with E-state index in [4.69, 9.17) is 69.6 Å². The Bertz CT molecular complexity index is 992. The molecule has 1 saturated heterocycles. The molecule has 0 unspecified atom stereocenters. The maximum absolute atomic E-state index is 6.25. The summed E-state index contributed by atoms with van der Waals surface area (Å²) < 4.78 is 0. The second kappa shape index (κ2) is 11.3. The van der Waals surface area contributed by atoms with Crippen LogP contribution < -0.4 is 5.53 Å². The lowest BCUT2D eigenvalue weighted by Gasteiger charge is -2.41. The number of hydrogen-bond donors (Lipinski definition) is 1. The molecule has 3 aromatic rings. The Morgan fingerprint density at radius 2 is 0.970 bits per heavy atom. The van der Waals surface area contributed by atoms with E-state index in [0.29, 0.717) is 49.1 Å². The van der Waals surface area contributed by atoms with Crippen molar-refractivity contribution < 1.29 is 0 Å². The first kappa shape index (κ1) is 25.4. The van der Waals surface area contributed by atoms with E-state index in [2.05, 4.69) is 15.6 Å². The normalized spacial score (nSPS) is 15.8. The van der Waals surface area contributed by atoms with E-state index in [0.717, 1.165) is 36.2 Å². The van der Waals surface area contributed by atoms with Gasteiger partial charge in [0.25, 0.3) is 0 Å². The lowest BCUT2D eigenvalue weighted by Crippen LogP contribution is -2.58. The van der Waals surface area contributed by atoms with Crippen LogP contribution in [-0.2, 0) is 19.5 Å². The van der Waals surface area contributed by atoms with Gasteiger partial charge in [-0.1, -0.05) is 87.8 Å². The van der Waals surface area contributed by atoms with Crippen LogP contribution in [0, 0.1) is 5.92 Å². The standard InChI is InChI=1S/C24H21Cl6N3/c25-19-4-1-15(8-22(19)28)7-18-13-32(11-16-2-5-20(26)23(29)9-16)31-33(14-18)12-17-3-6-21(27)24(30)10-17/h1-6,8-10,18,31H,7,11-14H2. The Hall–Kier alpha value is -0.720. The van der Waals surface area contributed by atoms with Gasteiger partial charge in [-0.05, 0) is 65.4 Å². The van der Waals surface area contributed by atoms with Crippen LogP contribution in [0.5, 0.6) is 0 Å². The minimum Gasteiger partial charge on any atom is -0.226 e. The number of nitrogens with zero attached hydrogens (tertiary/aromatic N) is 2. The molecule has 0 saturated carbocycles. The molecule has 3 nitrogen and oxygen atoms in total. The molecule has 1 N–H and O–H groups in total. The molecule has 0 spiro atoms. The molecule has 4 rings (SSSR count). The van der Waals surface area contributed by atoms with Gasteiger partial charge in [0.1, 0.15) is 0 Å². The number of halogens is 6. The Morgan fingerprint density at radius 3 is 1.39 bits per heavy atom. The van der Waals surface area contributed by atoms with E-state index < -0.39 is 0 Å². The van der Waals surface area contributed by atoms with Crippen LogP contribution >= 0.6 is 69.6 Å². The fourth-order valence-electron chi connectivity index (χ4n) is 4.01. The fraction of sp³-hybridized carbons (Fsp3) is 0.250. The predicted octanol–water partition coefficient (Wildman–Crippen LogP) is 8.20. The van der Waals surface area contributed by atoms with Gasteiger partial charge in [-0.15, -0.1) is 0 Å². The molecule has 0 radical (unpaired) electrons. The summed E-state index contributed by atoms with van der Waals surface area (Å²) in [5.41, 5.74) is 6.82. The summed E-state index contributed by atoms with van der Waals surface area (Å²) in [5, 5.41) is 7.69. The molecule has 0 aromatic heterocycles. The van der Waals surface area contributed by atoms with E-state index in [-0.39, 0.29) is 0 Å². The predicted molar refractivity (Wildman–Crippen MR) is 141 cm³/mol. The van der Waals surface area contributed by atoms with Gasteiger partial charge in [-0.25, -0.2) is 10.0 Å². The molecule has 1 fully saturated rings. The zero-order chi connectivity index (χ0) is 23.5. The quantitative estimate of drug-likeness (QED) is 0.326. The minimum atomic E-state index is 0.356. The van der Waals surface area contributed by atoms with Crippen molar-refractivity contribution in [2.45, 2.75) is 19.5 Å². The highest BCUT2D eigenvalue weighted by Crippen LogP contribution is 2.28. The van der Waals surface area contributed by atoms with Crippen LogP contribution in [0.4, 0.5) is 0 Å². The van der Waals surface area contributed by atoms with Gasteiger partial charge >= 0.3 is 0 Å². The molecule has 3 aromatic carbocycles. The second-order valence-corrected chi connectivity index (χ2v) is 10.6. The first-order chi connectivity index (χ1) is 15.8. The SMILES string of the molecule is Clc1ccc(CC2CN(Cc3ccc(Cl)c(Cl)c3)NN(Cc3ccc(Cl)c(Cl)c3)C2)cc1Cl. The van der Waals surface area contributed by atoms with Gasteiger partial charge in [0, 0.05) is 26.2 Å². The van der Waals surface area contributed by atoms with Crippen LogP contribution in [-0.4, -0.2) is 23.1 Å².